The maximum Gasteiger partial charge on any atom is 0.303 e. The lowest BCUT2D eigenvalue weighted by Gasteiger charge is -2.18. The molecule has 0 saturated heterocycles. The summed E-state index contributed by atoms with van der Waals surface area (Å²) in [7, 11) is 1.65. The molecule has 18 heavy (non-hydrogen) atoms. The van der Waals surface area contributed by atoms with Gasteiger partial charge in [-0.3, -0.25) is 4.79 Å². The Labute approximate surface area is 112 Å². The van der Waals surface area contributed by atoms with Gasteiger partial charge >= 0.3 is 5.97 Å². The Hall–Kier alpha value is -1.16. The van der Waals surface area contributed by atoms with Crippen molar-refractivity contribution in [3.05, 3.63) is 23.8 Å². The summed E-state index contributed by atoms with van der Waals surface area (Å²) in [6.07, 6.45) is 4.47. The van der Waals surface area contributed by atoms with Crippen LogP contribution in [0.1, 0.15) is 30.7 Å². The van der Waals surface area contributed by atoms with Crippen LogP contribution in [0.4, 0.5) is 0 Å². The van der Waals surface area contributed by atoms with Gasteiger partial charge in [-0.25, -0.2) is 0 Å². The molecule has 0 heterocycles. The molecule has 0 radical (unpaired) electrons. The molecule has 1 aliphatic carbocycles. The van der Waals surface area contributed by atoms with Crippen LogP contribution < -0.4 is 4.74 Å². The van der Waals surface area contributed by atoms with Crippen molar-refractivity contribution in [3.8, 4) is 5.75 Å². The fourth-order valence-corrected chi connectivity index (χ4v) is 2.77. The van der Waals surface area contributed by atoms with E-state index < -0.39 is 5.97 Å². The summed E-state index contributed by atoms with van der Waals surface area (Å²) in [5.74, 6) is 0.686. The highest BCUT2D eigenvalue weighted by molar-refractivity contribution is 7.98. The monoisotopic (exact) mass is 266 g/mol. The molecule has 1 aromatic rings. The maximum atomic E-state index is 11.0. The minimum absolute atomic E-state index is 0.0911. The van der Waals surface area contributed by atoms with Crippen molar-refractivity contribution >= 4 is 17.7 Å². The van der Waals surface area contributed by atoms with E-state index in [0.29, 0.717) is 5.92 Å². The number of carboxylic acids is 1. The second-order valence-corrected chi connectivity index (χ2v) is 5.53. The van der Waals surface area contributed by atoms with Crippen LogP contribution >= 0.6 is 11.8 Å². The average molecular weight is 266 g/mol. The highest BCUT2D eigenvalue weighted by Gasteiger charge is 2.35. The van der Waals surface area contributed by atoms with Crippen LogP contribution in [0.15, 0.2) is 23.1 Å². The van der Waals surface area contributed by atoms with E-state index in [1.807, 2.05) is 24.5 Å². The van der Waals surface area contributed by atoms with E-state index in [1.165, 1.54) is 0 Å². The van der Waals surface area contributed by atoms with Crippen molar-refractivity contribution in [2.75, 3.05) is 13.4 Å². The molecule has 98 valence electrons. The molecule has 0 aliphatic heterocycles. The van der Waals surface area contributed by atoms with Crippen molar-refractivity contribution < 1.29 is 14.6 Å². The maximum absolute atomic E-state index is 11.0. The highest BCUT2D eigenvalue weighted by atomic mass is 32.2. The summed E-state index contributed by atoms with van der Waals surface area (Å²) in [5.41, 5.74) is 1.04. The van der Waals surface area contributed by atoms with Crippen LogP contribution in [-0.4, -0.2) is 24.4 Å². The van der Waals surface area contributed by atoms with Crippen molar-refractivity contribution in [3.63, 3.8) is 0 Å². The van der Waals surface area contributed by atoms with Crippen molar-refractivity contribution in [1.82, 2.24) is 0 Å². The molecule has 1 atom stereocenters. The lowest BCUT2D eigenvalue weighted by Crippen LogP contribution is -2.09. The van der Waals surface area contributed by atoms with E-state index in [9.17, 15) is 4.79 Å². The van der Waals surface area contributed by atoms with Gasteiger partial charge in [0, 0.05) is 10.8 Å². The van der Waals surface area contributed by atoms with Gasteiger partial charge in [0.25, 0.3) is 0 Å². The van der Waals surface area contributed by atoms with E-state index in [1.54, 1.807) is 18.9 Å². The van der Waals surface area contributed by atoms with Crippen molar-refractivity contribution in [2.24, 2.45) is 5.92 Å². The summed E-state index contributed by atoms with van der Waals surface area (Å²) >= 11 is 1.66. The first-order valence-corrected chi connectivity index (χ1v) is 7.32. The largest absolute Gasteiger partial charge is 0.496 e. The van der Waals surface area contributed by atoms with Crippen molar-refractivity contribution in [1.29, 1.82) is 0 Å². The zero-order chi connectivity index (χ0) is 13.1. The zero-order valence-electron chi connectivity index (χ0n) is 10.7. The number of thioether (sulfide) groups is 1. The lowest BCUT2D eigenvalue weighted by atomic mass is 9.90. The molecule has 0 bridgehead atoms. The zero-order valence-corrected chi connectivity index (χ0v) is 11.5. The van der Waals surface area contributed by atoms with Crippen LogP contribution in [0, 0.1) is 5.92 Å². The van der Waals surface area contributed by atoms with Gasteiger partial charge in [0.2, 0.25) is 0 Å². The van der Waals surface area contributed by atoms with E-state index in [-0.39, 0.29) is 12.3 Å². The summed E-state index contributed by atoms with van der Waals surface area (Å²) in [5, 5.41) is 9.04. The standard InChI is InChI=1S/C14H18O3S/c1-17-13-7-10(18-2)5-6-11(13)12(8-14(15)16)9-3-4-9/h5-7,9,12H,3-4,8H2,1-2H3,(H,15,16). The Kier molecular flexibility index (Phi) is 4.17. The van der Waals surface area contributed by atoms with Crippen LogP contribution in [0.2, 0.25) is 0 Å². The van der Waals surface area contributed by atoms with E-state index in [0.717, 1.165) is 29.1 Å². The fourth-order valence-electron chi connectivity index (χ4n) is 2.34. The first-order valence-electron chi connectivity index (χ1n) is 6.09. The molecule has 1 N–H and O–H groups in total. The van der Waals surface area contributed by atoms with Crippen LogP contribution in [-0.2, 0) is 4.79 Å². The van der Waals surface area contributed by atoms with Gasteiger partial charge < -0.3 is 9.84 Å². The Morgan fingerprint density at radius 3 is 2.78 bits per heavy atom. The molecule has 0 aromatic heterocycles. The number of hydrogen-bond donors (Lipinski definition) is 1. The van der Waals surface area contributed by atoms with Crippen LogP contribution in [0.5, 0.6) is 5.75 Å². The third-order valence-electron chi connectivity index (χ3n) is 3.43. The first kappa shape index (κ1) is 13.3. The molecule has 1 unspecified atom stereocenters. The molecule has 1 aliphatic rings. The molecule has 4 heteroatoms. The topological polar surface area (TPSA) is 46.5 Å². The molecule has 3 nitrogen and oxygen atoms in total. The number of ether oxygens (including phenoxy) is 1. The molecule has 0 spiro atoms. The summed E-state index contributed by atoms with van der Waals surface area (Å²) in [6, 6.07) is 6.06. The molecule has 0 amide bonds. The SMILES string of the molecule is COc1cc(SC)ccc1C(CC(=O)O)C1CC1. The summed E-state index contributed by atoms with van der Waals surface area (Å²) < 4.78 is 5.42. The fraction of sp³-hybridized carbons (Fsp3) is 0.500. The van der Waals surface area contributed by atoms with Gasteiger partial charge in [0.15, 0.2) is 0 Å². The molecule has 2 rings (SSSR count). The van der Waals surface area contributed by atoms with Crippen molar-refractivity contribution in [2.45, 2.75) is 30.1 Å². The molecular weight excluding hydrogens is 248 g/mol. The molecule has 1 aromatic carbocycles. The van der Waals surface area contributed by atoms with Gasteiger partial charge in [-0.05, 0) is 42.7 Å². The normalized spacial score (nSPS) is 16.3. The van der Waals surface area contributed by atoms with Gasteiger partial charge in [-0.15, -0.1) is 11.8 Å². The van der Waals surface area contributed by atoms with Gasteiger partial charge in [-0.1, -0.05) is 6.07 Å². The Morgan fingerprint density at radius 1 is 1.56 bits per heavy atom. The van der Waals surface area contributed by atoms with Crippen LogP contribution in [0.3, 0.4) is 0 Å². The molecular formula is C14H18O3S. The Balaban J connectivity index is 2.31. The number of rotatable bonds is 6. The van der Waals surface area contributed by atoms with Gasteiger partial charge in [0.1, 0.15) is 5.75 Å². The minimum atomic E-state index is -0.733. The molecule has 1 fully saturated rings. The number of benzene rings is 1. The second-order valence-electron chi connectivity index (χ2n) is 4.65. The van der Waals surface area contributed by atoms with E-state index in [4.69, 9.17) is 9.84 Å². The second kappa shape index (κ2) is 5.65. The van der Waals surface area contributed by atoms with Gasteiger partial charge in [-0.2, -0.15) is 0 Å². The highest BCUT2D eigenvalue weighted by Crippen LogP contribution is 2.47. The third-order valence-corrected chi connectivity index (χ3v) is 4.15. The van der Waals surface area contributed by atoms with E-state index in [2.05, 4.69) is 0 Å². The lowest BCUT2D eigenvalue weighted by molar-refractivity contribution is -0.137. The predicted molar refractivity (Wildman–Crippen MR) is 72.5 cm³/mol. The van der Waals surface area contributed by atoms with Crippen LogP contribution in [0.25, 0.3) is 0 Å². The predicted octanol–water partition coefficient (Wildman–Crippen LogP) is 3.39. The first-order chi connectivity index (χ1) is 8.65. The summed E-state index contributed by atoms with van der Waals surface area (Å²) in [6.45, 7) is 0. The third kappa shape index (κ3) is 2.99. The Morgan fingerprint density at radius 2 is 2.28 bits per heavy atom. The molecule has 1 saturated carbocycles. The quantitative estimate of drug-likeness (QED) is 0.802. The van der Waals surface area contributed by atoms with Gasteiger partial charge in [0.05, 0.1) is 13.5 Å². The minimum Gasteiger partial charge on any atom is -0.496 e. The smallest absolute Gasteiger partial charge is 0.303 e. The average Bonchev–Trinajstić information content (AvgIpc) is 3.19. The summed E-state index contributed by atoms with van der Waals surface area (Å²) in [4.78, 5) is 12.1. The number of hydrogen-bond acceptors (Lipinski definition) is 3. The Bertz CT molecular complexity index is 441. The number of aliphatic carboxylic acids is 1. The number of carbonyl (C=O) groups is 1. The number of carboxylic acid groups (broad SMARTS) is 1. The van der Waals surface area contributed by atoms with E-state index >= 15 is 0 Å². The number of methoxy groups -OCH3 is 1.